The van der Waals surface area contributed by atoms with Crippen molar-refractivity contribution in [2.24, 2.45) is 0 Å². The minimum absolute atomic E-state index is 0.0170. The number of rotatable bonds is 5. The minimum atomic E-state index is -0.0689. The molecule has 3 rings (SSSR count). The van der Waals surface area contributed by atoms with E-state index in [4.69, 9.17) is 4.74 Å². The highest BCUT2D eigenvalue weighted by molar-refractivity contribution is 5.77. The van der Waals surface area contributed by atoms with Crippen molar-refractivity contribution in [2.75, 3.05) is 6.61 Å². The first kappa shape index (κ1) is 14.6. The van der Waals surface area contributed by atoms with Gasteiger partial charge >= 0.3 is 0 Å². The fourth-order valence-corrected chi connectivity index (χ4v) is 2.77. The van der Waals surface area contributed by atoms with Gasteiger partial charge in [-0.2, -0.15) is 0 Å². The van der Waals surface area contributed by atoms with Crippen molar-refractivity contribution in [1.29, 1.82) is 0 Å². The third-order valence-corrected chi connectivity index (χ3v) is 3.93. The predicted molar refractivity (Wildman–Crippen MR) is 84.2 cm³/mol. The number of benzene rings is 1. The molecule has 0 aliphatic heterocycles. The molecule has 0 saturated heterocycles. The molecule has 1 fully saturated rings. The van der Waals surface area contributed by atoms with E-state index in [0.717, 1.165) is 24.1 Å². The molecule has 0 unspecified atom stereocenters. The van der Waals surface area contributed by atoms with E-state index in [2.05, 4.69) is 10.4 Å². The van der Waals surface area contributed by atoms with Crippen LogP contribution in [0, 0.1) is 6.92 Å². The summed E-state index contributed by atoms with van der Waals surface area (Å²) in [7, 11) is 0. The zero-order chi connectivity index (χ0) is 15.4. The van der Waals surface area contributed by atoms with Crippen LogP contribution in [-0.4, -0.2) is 28.3 Å². The Labute approximate surface area is 130 Å². The Hall–Kier alpha value is -2.30. The van der Waals surface area contributed by atoms with Crippen LogP contribution < -0.4 is 10.1 Å². The smallest absolute Gasteiger partial charge is 0.258 e. The van der Waals surface area contributed by atoms with E-state index in [1.165, 1.54) is 12.8 Å². The number of carbonyl (C=O) groups is 1. The molecule has 5 heteroatoms. The molecule has 1 aliphatic carbocycles. The molecule has 0 radical (unpaired) electrons. The summed E-state index contributed by atoms with van der Waals surface area (Å²) in [4.78, 5) is 11.9. The van der Waals surface area contributed by atoms with Gasteiger partial charge in [0.05, 0.1) is 5.69 Å². The standard InChI is InChI=1S/C17H21N3O2/c1-13-11-20(15-9-3-2-4-10-15)19-17(13)22-12-16(21)18-14-7-5-6-8-14/h2-4,9-11,14H,5-8,12H2,1H3,(H,18,21). The highest BCUT2D eigenvalue weighted by atomic mass is 16.5. The van der Waals surface area contributed by atoms with Gasteiger partial charge in [0.2, 0.25) is 5.88 Å². The molecular formula is C17H21N3O2. The van der Waals surface area contributed by atoms with Crippen LogP contribution in [0.2, 0.25) is 0 Å². The Morgan fingerprint density at radius 1 is 1.32 bits per heavy atom. The van der Waals surface area contributed by atoms with Gasteiger partial charge in [0.1, 0.15) is 0 Å². The van der Waals surface area contributed by atoms with E-state index in [1.54, 1.807) is 4.68 Å². The molecule has 1 aliphatic rings. The molecular weight excluding hydrogens is 278 g/mol. The van der Waals surface area contributed by atoms with Crippen molar-refractivity contribution in [2.45, 2.75) is 38.6 Å². The Morgan fingerprint density at radius 2 is 2.05 bits per heavy atom. The van der Waals surface area contributed by atoms with Crippen LogP contribution >= 0.6 is 0 Å². The van der Waals surface area contributed by atoms with Crippen molar-refractivity contribution >= 4 is 5.91 Å². The average Bonchev–Trinajstić information content (AvgIpc) is 3.16. The molecule has 0 bridgehead atoms. The van der Waals surface area contributed by atoms with Crippen LogP contribution in [0.1, 0.15) is 31.2 Å². The van der Waals surface area contributed by atoms with E-state index in [0.29, 0.717) is 11.9 Å². The third-order valence-electron chi connectivity index (χ3n) is 3.93. The number of hydrogen-bond acceptors (Lipinski definition) is 3. The Balaban J connectivity index is 1.58. The van der Waals surface area contributed by atoms with E-state index in [9.17, 15) is 4.79 Å². The van der Waals surface area contributed by atoms with E-state index in [1.807, 2.05) is 43.5 Å². The molecule has 5 nitrogen and oxygen atoms in total. The minimum Gasteiger partial charge on any atom is -0.466 e. The van der Waals surface area contributed by atoms with Crippen molar-refractivity contribution in [1.82, 2.24) is 15.1 Å². The quantitative estimate of drug-likeness (QED) is 0.923. The van der Waals surface area contributed by atoms with Crippen molar-refractivity contribution in [3.63, 3.8) is 0 Å². The van der Waals surface area contributed by atoms with Crippen LogP contribution in [0.4, 0.5) is 0 Å². The number of ether oxygens (including phenoxy) is 1. The largest absolute Gasteiger partial charge is 0.466 e. The number of aromatic nitrogens is 2. The Bertz CT molecular complexity index is 631. The lowest BCUT2D eigenvalue weighted by molar-refractivity contribution is -0.123. The van der Waals surface area contributed by atoms with Crippen LogP contribution in [0.5, 0.6) is 5.88 Å². The number of amides is 1. The van der Waals surface area contributed by atoms with Gasteiger partial charge < -0.3 is 10.1 Å². The molecule has 1 aromatic carbocycles. The maximum absolute atomic E-state index is 11.9. The fourth-order valence-electron chi connectivity index (χ4n) is 2.77. The number of aryl methyl sites for hydroxylation is 1. The molecule has 1 saturated carbocycles. The zero-order valence-corrected chi connectivity index (χ0v) is 12.8. The van der Waals surface area contributed by atoms with Crippen molar-refractivity contribution < 1.29 is 9.53 Å². The van der Waals surface area contributed by atoms with E-state index < -0.39 is 0 Å². The lowest BCUT2D eigenvalue weighted by atomic mass is 10.2. The fraction of sp³-hybridized carbons (Fsp3) is 0.412. The summed E-state index contributed by atoms with van der Waals surface area (Å²) >= 11 is 0. The Morgan fingerprint density at radius 3 is 2.77 bits per heavy atom. The predicted octanol–water partition coefficient (Wildman–Crippen LogP) is 2.62. The monoisotopic (exact) mass is 299 g/mol. The number of nitrogens with one attached hydrogen (secondary N) is 1. The molecule has 116 valence electrons. The van der Waals surface area contributed by atoms with Gasteiger partial charge in [0, 0.05) is 17.8 Å². The topological polar surface area (TPSA) is 56.2 Å². The van der Waals surface area contributed by atoms with E-state index in [-0.39, 0.29) is 12.5 Å². The second-order valence-corrected chi connectivity index (χ2v) is 5.73. The molecule has 1 amide bonds. The van der Waals surface area contributed by atoms with E-state index >= 15 is 0 Å². The first-order valence-corrected chi connectivity index (χ1v) is 7.76. The first-order chi connectivity index (χ1) is 10.7. The van der Waals surface area contributed by atoms with Crippen LogP contribution in [-0.2, 0) is 4.79 Å². The highest BCUT2D eigenvalue weighted by Crippen LogP contribution is 2.19. The molecule has 1 aromatic heterocycles. The molecule has 2 aromatic rings. The number of nitrogens with zero attached hydrogens (tertiary/aromatic N) is 2. The first-order valence-electron chi connectivity index (χ1n) is 7.76. The molecule has 1 heterocycles. The second-order valence-electron chi connectivity index (χ2n) is 5.73. The van der Waals surface area contributed by atoms with Gasteiger partial charge in [-0.3, -0.25) is 4.79 Å². The molecule has 1 N–H and O–H groups in total. The molecule has 22 heavy (non-hydrogen) atoms. The van der Waals surface area contributed by atoms with Gasteiger partial charge in [-0.25, -0.2) is 4.68 Å². The summed E-state index contributed by atoms with van der Waals surface area (Å²) in [6.45, 7) is 1.94. The summed E-state index contributed by atoms with van der Waals surface area (Å²) in [6.07, 6.45) is 6.46. The van der Waals surface area contributed by atoms with Crippen LogP contribution in [0.15, 0.2) is 36.5 Å². The van der Waals surface area contributed by atoms with Crippen molar-refractivity contribution in [3.8, 4) is 11.6 Å². The summed E-state index contributed by atoms with van der Waals surface area (Å²) in [5.74, 6) is 0.436. The van der Waals surface area contributed by atoms with Gasteiger partial charge in [-0.05, 0) is 31.9 Å². The lowest BCUT2D eigenvalue weighted by Crippen LogP contribution is -2.36. The summed E-state index contributed by atoms with van der Waals surface area (Å²) in [5.41, 5.74) is 1.88. The summed E-state index contributed by atoms with van der Waals surface area (Å²) in [5, 5.41) is 7.41. The van der Waals surface area contributed by atoms with Gasteiger partial charge in [-0.1, -0.05) is 31.0 Å². The maximum Gasteiger partial charge on any atom is 0.258 e. The zero-order valence-electron chi connectivity index (χ0n) is 12.8. The van der Waals surface area contributed by atoms with Gasteiger partial charge in [0.15, 0.2) is 6.61 Å². The number of carbonyl (C=O) groups excluding carboxylic acids is 1. The number of hydrogen-bond donors (Lipinski definition) is 1. The second kappa shape index (κ2) is 6.64. The average molecular weight is 299 g/mol. The third kappa shape index (κ3) is 3.47. The number of para-hydroxylation sites is 1. The normalized spacial score (nSPS) is 15.0. The SMILES string of the molecule is Cc1cn(-c2ccccc2)nc1OCC(=O)NC1CCCC1. The van der Waals surface area contributed by atoms with Gasteiger partial charge in [-0.15, -0.1) is 5.10 Å². The van der Waals surface area contributed by atoms with Gasteiger partial charge in [0.25, 0.3) is 5.91 Å². The maximum atomic E-state index is 11.9. The molecule has 0 atom stereocenters. The Kier molecular flexibility index (Phi) is 4.42. The summed E-state index contributed by atoms with van der Waals surface area (Å²) in [6, 6.07) is 10.2. The molecule has 0 spiro atoms. The van der Waals surface area contributed by atoms with Crippen LogP contribution in [0.25, 0.3) is 5.69 Å². The lowest BCUT2D eigenvalue weighted by Gasteiger charge is -2.11. The van der Waals surface area contributed by atoms with Crippen molar-refractivity contribution in [3.05, 3.63) is 42.1 Å². The van der Waals surface area contributed by atoms with Crippen LogP contribution in [0.3, 0.4) is 0 Å². The summed E-state index contributed by atoms with van der Waals surface area (Å²) < 4.78 is 7.33. The highest BCUT2D eigenvalue weighted by Gasteiger charge is 2.17.